The smallest absolute Gasteiger partial charge is 0.326 e. The number of piperidine rings is 1. The molecule has 2 N–H and O–H groups in total. The number of methoxy groups -OCH3 is 1. The molecule has 7 nitrogen and oxygen atoms in total. The Hall–Kier alpha value is -1.79. The van der Waals surface area contributed by atoms with E-state index in [2.05, 4.69) is 17.0 Å². The molecule has 0 spiro atoms. The van der Waals surface area contributed by atoms with Crippen LogP contribution in [0, 0.1) is 5.92 Å². The summed E-state index contributed by atoms with van der Waals surface area (Å²) < 4.78 is 4.46. The lowest BCUT2D eigenvalue weighted by Crippen LogP contribution is -2.50. The number of carbonyl (C=O) groups excluding carboxylic acids is 2. The Morgan fingerprint density at radius 1 is 1.35 bits per heavy atom. The van der Waals surface area contributed by atoms with Gasteiger partial charge in [-0.2, -0.15) is 0 Å². The molecule has 0 aromatic carbocycles. The predicted octanol–water partition coefficient (Wildman–Crippen LogP) is 0.834. The molecule has 20 heavy (non-hydrogen) atoms. The average molecular weight is 286 g/mol. The largest absolute Gasteiger partial charge is 0.480 e. The summed E-state index contributed by atoms with van der Waals surface area (Å²) in [5.41, 5.74) is 0. The first-order valence-corrected chi connectivity index (χ1v) is 6.79. The first-order valence-electron chi connectivity index (χ1n) is 6.79. The Morgan fingerprint density at radius 2 is 1.95 bits per heavy atom. The van der Waals surface area contributed by atoms with Crippen molar-refractivity contribution in [3.63, 3.8) is 0 Å². The van der Waals surface area contributed by atoms with Crippen LogP contribution in [0.15, 0.2) is 0 Å². The molecule has 0 aromatic heterocycles. The van der Waals surface area contributed by atoms with Crippen molar-refractivity contribution >= 4 is 18.0 Å². The van der Waals surface area contributed by atoms with Gasteiger partial charge < -0.3 is 20.1 Å². The van der Waals surface area contributed by atoms with Crippen molar-refractivity contribution in [2.75, 3.05) is 20.2 Å². The molecule has 1 aliphatic heterocycles. The zero-order chi connectivity index (χ0) is 15.1. The number of hydrogen-bond acceptors (Lipinski definition) is 4. The van der Waals surface area contributed by atoms with Gasteiger partial charge in [0.2, 0.25) is 0 Å². The first kappa shape index (κ1) is 16.3. The summed E-state index contributed by atoms with van der Waals surface area (Å²) in [4.78, 5) is 35.7. The van der Waals surface area contributed by atoms with E-state index >= 15 is 0 Å². The van der Waals surface area contributed by atoms with Crippen LogP contribution >= 0.6 is 0 Å². The van der Waals surface area contributed by atoms with E-state index in [-0.39, 0.29) is 18.9 Å². The van der Waals surface area contributed by atoms with Gasteiger partial charge in [0.1, 0.15) is 6.04 Å². The van der Waals surface area contributed by atoms with Gasteiger partial charge in [-0.1, -0.05) is 6.92 Å². The number of hydrogen-bond donors (Lipinski definition) is 2. The molecule has 1 rings (SSSR count). The van der Waals surface area contributed by atoms with Crippen LogP contribution in [0.2, 0.25) is 0 Å². The van der Waals surface area contributed by atoms with Crippen LogP contribution in [-0.2, 0) is 14.3 Å². The summed E-state index contributed by atoms with van der Waals surface area (Å²) >= 11 is 0. The molecule has 1 saturated heterocycles. The summed E-state index contributed by atoms with van der Waals surface area (Å²) in [6.45, 7) is 3.40. The lowest BCUT2D eigenvalue weighted by Gasteiger charge is -2.31. The van der Waals surface area contributed by atoms with Crippen molar-refractivity contribution in [2.24, 2.45) is 5.92 Å². The van der Waals surface area contributed by atoms with E-state index < -0.39 is 18.0 Å². The summed E-state index contributed by atoms with van der Waals surface area (Å²) in [5, 5.41) is 11.5. The fourth-order valence-electron chi connectivity index (χ4n) is 2.07. The molecule has 1 fully saturated rings. The van der Waals surface area contributed by atoms with Gasteiger partial charge in [-0.25, -0.2) is 9.59 Å². The van der Waals surface area contributed by atoms with Crippen LogP contribution in [0.3, 0.4) is 0 Å². The topological polar surface area (TPSA) is 95.9 Å². The van der Waals surface area contributed by atoms with Crippen LogP contribution in [0.1, 0.15) is 32.6 Å². The first-order chi connectivity index (χ1) is 9.43. The van der Waals surface area contributed by atoms with Crippen molar-refractivity contribution in [2.45, 2.75) is 38.6 Å². The number of rotatable bonds is 5. The standard InChI is InChI=1S/C13H22N2O5/c1-9-5-7-15(8-6-9)13(19)14-10(12(17)18)3-4-11(16)20-2/h9-10H,3-8H2,1-2H3,(H,14,19)(H,17,18). The van der Waals surface area contributed by atoms with E-state index in [9.17, 15) is 14.4 Å². The van der Waals surface area contributed by atoms with Crippen LogP contribution in [0.5, 0.6) is 0 Å². The summed E-state index contributed by atoms with van der Waals surface area (Å²) in [6, 6.07) is -1.45. The maximum atomic E-state index is 12.0. The van der Waals surface area contributed by atoms with Gasteiger partial charge in [0.15, 0.2) is 0 Å². The van der Waals surface area contributed by atoms with E-state index in [1.807, 2.05) is 0 Å². The molecule has 1 aliphatic rings. The van der Waals surface area contributed by atoms with Gasteiger partial charge in [-0.3, -0.25) is 4.79 Å². The van der Waals surface area contributed by atoms with E-state index in [1.165, 1.54) is 7.11 Å². The van der Waals surface area contributed by atoms with Crippen LogP contribution in [0.25, 0.3) is 0 Å². The monoisotopic (exact) mass is 286 g/mol. The summed E-state index contributed by atoms with van der Waals surface area (Å²) in [5.74, 6) is -1.04. The Morgan fingerprint density at radius 3 is 2.45 bits per heavy atom. The number of nitrogens with one attached hydrogen (secondary N) is 1. The molecule has 7 heteroatoms. The third kappa shape index (κ3) is 5.07. The zero-order valence-corrected chi connectivity index (χ0v) is 11.9. The third-order valence-electron chi connectivity index (χ3n) is 3.53. The van der Waals surface area contributed by atoms with Crippen LogP contribution in [-0.4, -0.2) is 54.2 Å². The Kier molecular flexibility index (Phi) is 6.27. The Bertz CT molecular complexity index is 364. The summed E-state index contributed by atoms with van der Waals surface area (Å²) in [7, 11) is 1.24. The maximum absolute atomic E-state index is 12.0. The van der Waals surface area contributed by atoms with E-state index in [0.717, 1.165) is 12.8 Å². The van der Waals surface area contributed by atoms with Gasteiger partial charge in [-0.15, -0.1) is 0 Å². The highest BCUT2D eigenvalue weighted by Gasteiger charge is 2.26. The lowest BCUT2D eigenvalue weighted by molar-refractivity contribution is -0.142. The number of aliphatic carboxylic acids is 1. The molecule has 0 saturated carbocycles. The maximum Gasteiger partial charge on any atom is 0.326 e. The molecule has 0 radical (unpaired) electrons. The van der Waals surface area contributed by atoms with Crippen molar-refractivity contribution in [1.29, 1.82) is 0 Å². The third-order valence-corrected chi connectivity index (χ3v) is 3.53. The molecule has 1 atom stereocenters. The normalized spacial score (nSPS) is 17.4. The van der Waals surface area contributed by atoms with Crippen LogP contribution < -0.4 is 5.32 Å². The predicted molar refractivity (Wildman–Crippen MR) is 71.2 cm³/mol. The van der Waals surface area contributed by atoms with E-state index in [4.69, 9.17) is 5.11 Å². The second-order valence-corrected chi connectivity index (χ2v) is 5.12. The summed E-state index contributed by atoms with van der Waals surface area (Å²) in [6.07, 6.45) is 1.84. The molecular formula is C13H22N2O5. The minimum absolute atomic E-state index is 0.0258. The van der Waals surface area contributed by atoms with Crippen molar-refractivity contribution in [1.82, 2.24) is 10.2 Å². The Balaban J connectivity index is 2.46. The number of amides is 2. The molecular weight excluding hydrogens is 264 g/mol. The van der Waals surface area contributed by atoms with Crippen molar-refractivity contribution in [3.8, 4) is 0 Å². The average Bonchev–Trinajstić information content (AvgIpc) is 2.43. The van der Waals surface area contributed by atoms with Gasteiger partial charge in [0, 0.05) is 19.5 Å². The van der Waals surface area contributed by atoms with Gasteiger partial charge in [0.05, 0.1) is 7.11 Å². The molecule has 2 amide bonds. The number of ether oxygens (including phenoxy) is 1. The van der Waals surface area contributed by atoms with E-state index in [1.54, 1.807) is 4.90 Å². The molecule has 1 unspecified atom stereocenters. The van der Waals surface area contributed by atoms with Gasteiger partial charge >= 0.3 is 18.0 Å². The SMILES string of the molecule is COC(=O)CCC(NC(=O)N1CCC(C)CC1)C(=O)O. The zero-order valence-electron chi connectivity index (χ0n) is 11.9. The number of carboxylic acids is 1. The molecule has 0 aliphatic carbocycles. The quantitative estimate of drug-likeness (QED) is 0.730. The number of likely N-dealkylation sites (tertiary alicyclic amines) is 1. The Labute approximate surface area is 118 Å². The molecule has 1 heterocycles. The highest BCUT2D eigenvalue weighted by atomic mass is 16.5. The number of carboxylic acid groups (broad SMARTS) is 1. The second kappa shape index (κ2) is 7.72. The molecule has 0 bridgehead atoms. The fraction of sp³-hybridized carbons (Fsp3) is 0.769. The number of carbonyl (C=O) groups is 3. The molecule has 0 aromatic rings. The van der Waals surface area contributed by atoms with Crippen molar-refractivity contribution < 1.29 is 24.2 Å². The number of urea groups is 1. The fourth-order valence-corrected chi connectivity index (χ4v) is 2.07. The van der Waals surface area contributed by atoms with E-state index in [0.29, 0.717) is 19.0 Å². The molecule has 114 valence electrons. The minimum atomic E-state index is -1.15. The van der Waals surface area contributed by atoms with Gasteiger partial charge in [-0.05, 0) is 25.2 Å². The number of nitrogens with zero attached hydrogens (tertiary/aromatic N) is 1. The van der Waals surface area contributed by atoms with Crippen molar-refractivity contribution in [3.05, 3.63) is 0 Å². The lowest BCUT2D eigenvalue weighted by atomic mass is 9.99. The highest BCUT2D eigenvalue weighted by Crippen LogP contribution is 2.16. The minimum Gasteiger partial charge on any atom is -0.480 e. The second-order valence-electron chi connectivity index (χ2n) is 5.12. The van der Waals surface area contributed by atoms with Gasteiger partial charge in [0.25, 0.3) is 0 Å². The number of esters is 1. The van der Waals surface area contributed by atoms with Crippen LogP contribution in [0.4, 0.5) is 4.79 Å². The highest BCUT2D eigenvalue weighted by molar-refractivity contribution is 5.83.